The molecule has 0 bridgehead atoms. The van der Waals surface area contributed by atoms with Crippen molar-refractivity contribution >= 4 is 5.91 Å². The van der Waals surface area contributed by atoms with Crippen LogP contribution in [0.3, 0.4) is 0 Å². The molecule has 2 atom stereocenters. The molecule has 2 heterocycles. The zero-order chi connectivity index (χ0) is 12.6. The summed E-state index contributed by atoms with van der Waals surface area (Å²) in [5, 5.41) is 8.22. The lowest BCUT2D eigenvalue weighted by atomic mass is 10.2. The third-order valence-electron chi connectivity index (χ3n) is 3.51. The summed E-state index contributed by atoms with van der Waals surface area (Å²) in [7, 11) is 0. The van der Waals surface area contributed by atoms with Crippen LogP contribution in [0.2, 0.25) is 0 Å². The smallest absolute Gasteiger partial charge is 0.246 e. The number of amides is 1. The third-order valence-corrected chi connectivity index (χ3v) is 3.51. The largest absolute Gasteiger partial charge is 0.334 e. The van der Waals surface area contributed by atoms with Crippen molar-refractivity contribution in [1.82, 2.24) is 19.9 Å². The van der Waals surface area contributed by atoms with Crippen molar-refractivity contribution < 1.29 is 4.79 Å². The van der Waals surface area contributed by atoms with Crippen LogP contribution in [-0.4, -0.2) is 38.4 Å². The van der Waals surface area contributed by atoms with Crippen molar-refractivity contribution in [1.29, 1.82) is 0 Å². The zero-order valence-electron chi connectivity index (χ0n) is 10.6. The molecule has 1 aliphatic heterocycles. The van der Waals surface area contributed by atoms with Crippen molar-refractivity contribution in [2.75, 3.05) is 6.54 Å². The molecular weight excluding hydrogens is 216 g/mol. The van der Waals surface area contributed by atoms with Gasteiger partial charge in [0, 0.05) is 12.6 Å². The van der Waals surface area contributed by atoms with Crippen LogP contribution in [0.25, 0.3) is 0 Å². The minimum atomic E-state index is -0.00510. The van der Waals surface area contributed by atoms with Gasteiger partial charge in [-0.3, -0.25) is 4.79 Å². The summed E-state index contributed by atoms with van der Waals surface area (Å²) in [6.45, 7) is 10.2. The lowest BCUT2D eigenvalue weighted by molar-refractivity contribution is -0.126. The van der Waals surface area contributed by atoms with E-state index in [9.17, 15) is 4.79 Å². The maximum Gasteiger partial charge on any atom is 0.246 e. The first-order valence-electron chi connectivity index (χ1n) is 5.86. The quantitative estimate of drug-likeness (QED) is 0.723. The fourth-order valence-corrected chi connectivity index (χ4v) is 2.37. The summed E-state index contributed by atoms with van der Waals surface area (Å²) >= 11 is 0. The van der Waals surface area contributed by atoms with E-state index in [1.807, 2.05) is 23.4 Å². The minimum Gasteiger partial charge on any atom is -0.334 e. The van der Waals surface area contributed by atoms with Crippen LogP contribution in [0.1, 0.15) is 30.8 Å². The number of rotatable bonds is 2. The number of likely N-dealkylation sites (tertiary alicyclic amines) is 1. The van der Waals surface area contributed by atoms with Gasteiger partial charge >= 0.3 is 0 Å². The van der Waals surface area contributed by atoms with Gasteiger partial charge in [-0.15, -0.1) is 5.10 Å². The minimum absolute atomic E-state index is 0.00510. The van der Waals surface area contributed by atoms with E-state index in [1.165, 1.54) is 6.08 Å². The van der Waals surface area contributed by atoms with E-state index in [0.29, 0.717) is 6.54 Å². The molecule has 0 spiro atoms. The number of hydrogen-bond donors (Lipinski definition) is 0. The molecule has 0 N–H and O–H groups in total. The highest BCUT2D eigenvalue weighted by molar-refractivity contribution is 5.87. The highest BCUT2D eigenvalue weighted by atomic mass is 16.2. The number of aromatic nitrogens is 3. The van der Waals surface area contributed by atoms with Gasteiger partial charge in [0.1, 0.15) is 0 Å². The van der Waals surface area contributed by atoms with E-state index in [1.54, 1.807) is 0 Å². The molecule has 1 aromatic rings. The van der Waals surface area contributed by atoms with Gasteiger partial charge in [0.25, 0.3) is 0 Å². The molecule has 0 unspecified atom stereocenters. The van der Waals surface area contributed by atoms with Crippen LogP contribution in [0.5, 0.6) is 0 Å². The number of aryl methyl sites for hydroxylation is 1. The Morgan fingerprint density at radius 1 is 1.53 bits per heavy atom. The second-order valence-electron chi connectivity index (χ2n) is 4.64. The summed E-state index contributed by atoms with van der Waals surface area (Å²) in [4.78, 5) is 13.5. The number of carbonyl (C=O) groups excluding carboxylic acids is 1. The molecule has 5 heteroatoms. The first-order chi connectivity index (χ1) is 8.04. The van der Waals surface area contributed by atoms with Gasteiger partial charge in [0.2, 0.25) is 5.91 Å². The van der Waals surface area contributed by atoms with E-state index in [4.69, 9.17) is 0 Å². The monoisotopic (exact) mass is 234 g/mol. The molecule has 0 aliphatic carbocycles. The highest BCUT2D eigenvalue weighted by Gasteiger charge is 2.33. The van der Waals surface area contributed by atoms with Crippen LogP contribution < -0.4 is 0 Å². The Bertz CT molecular complexity index is 451. The van der Waals surface area contributed by atoms with Gasteiger partial charge < -0.3 is 4.90 Å². The molecule has 92 valence electrons. The summed E-state index contributed by atoms with van der Waals surface area (Å²) < 4.78 is 1.93. The van der Waals surface area contributed by atoms with Crippen LogP contribution in [0, 0.1) is 13.8 Å². The maximum atomic E-state index is 11.7. The summed E-state index contributed by atoms with van der Waals surface area (Å²) in [5.41, 5.74) is 2.03. The fourth-order valence-electron chi connectivity index (χ4n) is 2.37. The highest BCUT2D eigenvalue weighted by Crippen LogP contribution is 2.27. The SMILES string of the molecule is C=CC(=O)N1C[C@@H](n2nnc(C)c2C)C[C@H]1C. The summed E-state index contributed by atoms with van der Waals surface area (Å²) in [6, 6.07) is 0.463. The van der Waals surface area contributed by atoms with Gasteiger partial charge in [-0.1, -0.05) is 11.8 Å². The lowest BCUT2D eigenvalue weighted by Gasteiger charge is -2.19. The molecule has 1 amide bonds. The average molecular weight is 234 g/mol. The molecule has 2 rings (SSSR count). The Morgan fingerprint density at radius 3 is 2.76 bits per heavy atom. The third kappa shape index (κ3) is 1.97. The lowest BCUT2D eigenvalue weighted by Crippen LogP contribution is -2.32. The summed E-state index contributed by atoms with van der Waals surface area (Å²) in [5.74, 6) is -0.00510. The fraction of sp³-hybridized carbons (Fsp3) is 0.583. The van der Waals surface area contributed by atoms with Gasteiger partial charge in [-0.2, -0.15) is 0 Å². The van der Waals surface area contributed by atoms with E-state index < -0.39 is 0 Å². The molecule has 1 aliphatic rings. The van der Waals surface area contributed by atoms with Gasteiger partial charge in [-0.25, -0.2) is 4.68 Å². The van der Waals surface area contributed by atoms with E-state index in [2.05, 4.69) is 23.8 Å². The van der Waals surface area contributed by atoms with Crippen molar-refractivity contribution in [3.05, 3.63) is 24.0 Å². The van der Waals surface area contributed by atoms with Crippen molar-refractivity contribution in [3.63, 3.8) is 0 Å². The van der Waals surface area contributed by atoms with Crippen LogP contribution in [0.15, 0.2) is 12.7 Å². The average Bonchev–Trinajstić information content (AvgIpc) is 2.83. The second-order valence-corrected chi connectivity index (χ2v) is 4.64. The zero-order valence-corrected chi connectivity index (χ0v) is 10.6. The van der Waals surface area contributed by atoms with Crippen molar-refractivity contribution in [2.45, 2.75) is 39.3 Å². The van der Waals surface area contributed by atoms with E-state index in [0.717, 1.165) is 17.8 Å². The Hall–Kier alpha value is -1.65. The van der Waals surface area contributed by atoms with E-state index >= 15 is 0 Å². The second kappa shape index (κ2) is 4.31. The van der Waals surface area contributed by atoms with Gasteiger partial charge in [0.15, 0.2) is 0 Å². The Morgan fingerprint density at radius 2 is 2.24 bits per heavy atom. The van der Waals surface area contributed by atoms with Gasteiger partial charge in [0.05, 0.1) is 17.4 Å². The van der Waals surface area contributed by atoms with Crippen molar-refractivity contribution in [3.8, 4) is 0 Å². The molecule has 17 heavy (non-hydrogen) atoms. The van der Waals surface area contributed by atoms with Gasteiger partial charge in [-0.05, 0) is 33.3 Å². The number of hydrogen-bond acceptors (Lipinski definition) is 3. The van der Waals surface area contributed by atoms with Crippen LogP contribution in [-0.2, 0) is 4.79 Å². The van der Waals surface area contributed by atoms with Crippen LogP contribution >= 0.6 is 0 Å². The topological polar surface area (TPSA) is 51.0 Å². The number of nitrogens with zero attached hydrogens (tertiary/aromatic N) is 4. The first-order valence-corrected chi connectivity index (χ1v) is 5.86. The van der Waals surface area contributed by atoms with Crippen molar-refractivity contribution in [2.24, 2.45) is 0 Å². The molecule has 5 nitrogen and oxygen atoms in total. The molecule has 1 fully saturated rings. The molecule has 0 saturated carbocycles. The normalized spacial score (nSPS) is 24.1. The first kappa shape index (κ1) is 11.8. The molecule has 0 aromatic carbocycles. The molecule has 1 aromatic heterocycles. The maximum absolute atomic E-state index is 11.7. The Kier molecular flexibility index (Phi) is 3.00. The predicted molar refractivity (Wildman–Crippen MR) is 64.5 cm³/mol. The van der Waals surface area contributed by atoms with Crippen LogP contribution in [0.4, 0.5) is 0 Å². The summed E-state index contributed by atoms with van der Waals surface area (Å²) in [6.07, 6.45) is 2.29. The molecule has 0 radical (unpaired) electrons. The van der Waals surface area contributed by atoms with E-state index in [-0.39, 0.29) is 18.0 Å². The number of carbonyl (C=O) groups is 1. The molecular formula is C12H18N4O. The predicted octanol–water partition coefficient (Wildman–Crippen LogP) is 1.24. The molecule has 1 saturated heterocycles. The Labute approximate surface area is 101 Å². The Balaban J connectivity index is 2.19. The standard InChI is InChI=1S/C12H18N4O/c1-5-12(17)15-7-11(6-8(15)2)16-10(4)9(3)13-14-16/h5,8,11H,1,6-7H2,2-4H3/t8-,11+/m1/s1.